The first-order chi connectivity index (χ1) is 7.12. The molecule has 1 N–H and O–H groups in total. The number of aliphatic hydroxyl groups is 1. The molecule has 1 nitrogen and oxygen atoms in total. The maximum Gasteiger partial charge on any atom is 0.0997 e. The summed E-state index contributed by atoms with van der Waals surface area (Å²) in [5.41, 5.74) is 0.390. The van der Waals surface area contributed by atoms with E-state index in [4.69, 9.17) is 0 Å². The first kappa shape index (κ1) is 11.5. The molecule has 3 heteroatoms. The predicted octanol–water partition coefficient (Wildman–Crippen LogP) is 3.55. The Bertz CT molecular complexity index is 345. The molecule has 2 rings (SSSR count). The fourth-order valence-electron chi connectivity index (χ4n) is 1.93. The molecule has 0 radical (unpaired) electrons. The smallest absolute Gasteiger partial charge is 0.0997 e. The summed E-state index contributed by atoms with van der Waals surface area (Å²) in [6, 6.07) is 7.98. The van der Waals surface area contributed by atoms with Crippen LogP contribution in [-0.4, -0.2) is 16.1 Å². The standard InChI is InChI=1S/C12H15BrOS/c1-9-6-7-12(14,8-15-9)10-4-2-3-5-11(10)13/h2-5,9,14H,6-8H2,1H3/t9-,12+/m0/s1. The van der Waals surface area contributed by atoms with Crippen LogP contribution in [0.15, 0.2) is 28.7 Å². The van der Waals surface area contributed by atoms with Gasteiger partial charge < -0.3 is 5.11 Å². The molecule has 1 aromatic carbocycles. The zero-order valence-corrected chi connectivity index (χ0v) is 11.1. The Kier molecular flexibility index (Phi) is 3.43. The zero-order chi connectivity index (χ0) is 10.9. The molecule has 0 unspecified atom stereocenters. The van der Waals surface area contributed by atoms with E-state index in [0.29, 0.717) is 5.25 Å². The molecule has 1 fully saturated rings. The van der Waals surface area contributed by atoms with Crippen LogP contribution in [0.1, 0.15) is 25.3 Å². The summed E-state index contributed by atoms with van der Waals surface area (Å²) in [4.78, 5) is 0. The third kappa shape index (κ3) is 2.40. The van der Waals surface area contributed by atoms with Gasteiger partial charge in [0, 0.05) is 15.5 Å². The van der Waals surface area contributed by atoms with Crippen molar-refractivity contribution in [2.24, 2.45) is 0 Å². The van der Waals surface area contributed by atoms with E-state index in [-0.39, 0.29) is 0 Å². The van der Waals surface area contributed by atoms with E-state index in [0.717, 1.165) is 28.6 Å². The number of halogens is 1. The summed E-state index contributed by atoms with van der Waals surface area (Å²) < 4.78 is 1.02. The zero-order valence-electron chi connectivity index (χ0n) is 8.74. The third-order valence-electron chi connectivity index (χ3n) is 2.95. The average Bonchev–Trinajstić information content (AvgIpc) is 2.23. The SMILES string of the molecule is C[C@H]1CC[C@](O)(c2ccccc2Br)CS1. The van der Waals surface area contributed by atoms with Crippen LogP contribution >= 0.6 is 27.7 Å². The molecular weight excluding hydrogens is 272 g/mol. The van der Waals surface area contributed by atoms with Crippen molar-refractivity contribution in [2.75, 3.05) is 5.75 Å². The summed E-state index contributed by atoms with van der Waals surface area (Å²) in [6.07, 6.45) is 1.95. The summed E-state index contributed by atoms with van der Waals surface area (Å²) in [5, 5.41) is 11.3. The maximum atomic E-state index is 10.6. The quantitative estimate of drug-likeness (QED) is 0.852. The Morgan fingerprint density at radius 2 is 2.20 bits per heavy atom. The Balaban J connectivity index is 2.26. The molecule has 0 spiro atoms. The van der Waals surface area contributed by atoms with Crippen molar-refractivity contribution in [1.29, 1.82) is 0 Å². The highest BCUT2D eigenvalue weighted by Crippen LogP contribution is 2.41. The minimum Gasteiger partial charge on any atom is -0.384 e. The second kappa shape index (κ2) is 4.48. The molecule has 0 aromatic heterocycles. The van der Waals surface area contributed by atoms with Gasteiger partial charge in [0.25, 0.3) is 0 Å². The normalized spacial score (nSPS) is 31.5. The van der Waals surface area contributed by atoms with Crippen LogP contribution in [0.25, 0.3) is 0 Å². The van der Waals surface area contributed by atoms with Gasteiger partial charge in [-0.3, -0.25) is 0 Å². The lowest BCUT2D eigenvalue weighted by atomic mass is 9.90. The molecule has 1 saturated heterocycles. The van der Waals surface area contributed by atoms with Crippen molar-refractivity contribution >= 4 is 27.7 Å². The highest BCUT2D eigenvalue weighted by Gasteiger charge is 2.35. The Morgan fingerprint density at radius 3 is 2.80 bits per heavy atom. The minimum absolute atomic E-state index is 0.642. The van der Waals surface area contributed by atoms with Crippen molar-refractivity contribution in [3.63, 3.8) is 0 Å². The first-order valence-electron chi connectivity index (χ1n) is 5.21. The van der Waals surface area contributed by atoms with E-state index >= 15 is 0 Å². The highest BCUT2D eigenvalue weighted by atomic mass is 79.9. The van der Waals surface area contributed by atoms with Crippen molar-refractivity contribution in [2.45, 2.75) is 30.6 Å². The molecule has 15 heavy (non-hydrogen) atoms. The highest BCUT2D eigenvalue weighted by molar-refractivity contribution is 9.10. The summed E-state index contributed by atoms with van der Waals surface area (Å²) in [7, 11) is 0. The molecule has 0 bridgehead atoms. The second-order valence-electron chi connectivity index (χ2n) is 4.17. The van der Waals surface area contributed by atoms with Gasteiger partial charge in [0.2, 0.25) is 0 Å². The number of hydrogen-bond donors (Lipinski definition) is 1. The summed E-state index contributed by atoms with van der Waals surface area (Å²) in [6.45, 7) is 2.23. The van der Waals surface area contributed by atoms with Gasteiger partial charge >= 0.3 is 0 Å². The molecule has 0 amide bonds. The van der Waals surface area contributed by atoms with Crippen LogP contribution in [0, 0.1) is 0 Å². The van der Waals surface area contributed by atoms with Gasteiger partial charge in [-0.1, -0.05) is 41.1 Å². The molecule has 0 aliphatic carbocycles. The predicted molar refractivity (Wildman–Crippen MR) is 69.2 cm³/mol. The first-order valence-corrected chi connectivity index (χ1v) is 7.05. The van der Waals surface area contributed by atoms with Crippen LogP contribution in [0.5, 0.6) is 0 Å². The monoisotopic (exact) mass is 286 g/mol. The number of rotatable bonds is 1. The largest absolute Gasteiger partial charge is 0.384 e. The van der Waals surface area contributed by atoms with Crippen LogP contribution in [0.4, 0.5) is 0 Å². The van der Waals surface area contributed by atoms with Crippen LogP contribution in [-0.2, 0) is 5.60 Å². The maximum absolute atomic E-state index is 10.6. The topological polar surface area (TPSA) is 20.2 Å². The molecule has 1 aliphatic rings. The van der Waals surface area contributed by atoms with Gasteiger partial charge in [0.1, 0.15) is 0 Å². The van der Waals surface area contributed by atoms with Gasteiger partial charge in [-0.15, -0.1) is 0 Å². The van der Waals surface area contributed by atoms with Crippen LogP contribution in [0.3, 0.4) is 0 Å². The van der Waals surface area contributed by atoms with Crippen molar-refractivity contribution in [1.82, 2.24) is 0 Å². The van der Waals surface area contributed by atoms with E-state index in [1.54, 1.807) is 0 Å². The fraction of sp³-hybridized carbons (Fsp3) is 0.500. The van der Waals surface area contributed by atoms with E-state index in [2.05, 4.69) is 22.9 Å². The van der Waals surface area contributed by atoms with Crippen molar-refractivity contribution < 1.29 is 5.11 Å². The molecule has 1 aliphatic heterocycles. The van der Waals surface area contributed by atoms with Gasteiger partial charge in [0.05, 0.1) is 5.60 Å². The van der Waals surface area contributed by atoms with E-state index in [1.807, 2.05) is 36.0 Å². The Hall–Kier alpha value is 0.01000. The molecule has 0 saturated carbocycles. The molecule has 1 heterocycles. The van der Waals surface area contributed by atoms with Gasteiger partial charge in [-0.25, -0.2) is 0 Å². The fourth-order valence-corrected chi connectivity index (χ4v) is 3.73. The molecular formula is C12H15BrOS. The number of hydrogen-bond acceptors (Lipinski definition) is 2. The van der Waals surface area contributed by atoms with Crippen LogP contribution < -0.4 is 0 Å². The van der Waals surface area contributed by atoms with E-state index < -0.39 is 5.60 Å². The minimum atomic E-state index is -0.642. The number of benzene rings is 1. The number of thioether (sulfide) groups is 1. The summed E-state index contributed by atoms with van der Waals surface area (Å²) >= 11 is 5.37. The third-order valence-corrected chi connectivity index (χ3v) is 5.09. The van der Waals surface area contributed by atoms with Crippen LogP contribution in [0.2, 0.25) is 0 Å². The Labute approximate surface area is 103 Å². The lowest BCUT2D eigenvalue weighted by molar-refractivity contribution is 0.0464. The molecule has 82 valence electrons. The van der Waals surface area contributed by atoms with E-state index in [1.165, 1.54) is 0 Å². The second-order valence-corrected chi connectivity index (χ2v) is 6.45. The van der Waals surface area contributed by atoms with E-state index in [9.17, 15) is 5.11 Å². The van der Waals surface area contributed by atoms with Gasteiger partial charge in [-0.05, 0) is 24.5 Å². The average molecular weight is 287 g/mol. The van der Waals surface area contributed by atoms with Crippen molar-refractivity contribution in [3.05, 3.63) is 34.3 Å². The Morgan fingerprint density at radius 1 is 1.47 bits per heavy atom. The lowest BCUT2D eigenvalue weighted by Crippen LogP contribution is -2.34. The lowest BCUT2D eigenvalue weighted by Gasteiger charge is -2.35. The molecule has 1 aromatic rings. The van der Waals surface area contributed by atoms with Crippen molar-refractivity contribution in [3.8, 4) is 0 Å². The van der Waals surface area contributed by atoms with Gasteiger partial charge in [0.15, 0.2) is 0 Å². The summed E-state index contributed by atoms with van der Waals surface area (Å²) in [5.74, 6) is 0.802. The van der Waals surface area contributed by atoms with Gasteiger partial charge in [-0.2, -0.15) is 11.8 Å². The molecule has 2 atom stereocenters.